The van der Waals surface area contributed by atoms with Gasteiger partial charge in [-0.15, -0.1) is 0 Å². The first-order chi connectivity index (χ1) is 9.47. The predicted molar refractivity (Wildman–Crippen MR) is 81.1 cm³/mol. The zero-order chi connectivity index (χ0) is 14.6. The quantitative estimate of drug-likeness (QED) is 0.607. The highest BCUT2D eigenvalue weighted by Gasteiger charge is 2.28. The Kier molecular flexibility index (Phi) is 5.26. The van der Waals surface area contributed by atoms with Gasteiger partial charge in [-0.1, -0.05) is 12.8 Å². The summed E-state index contributed by atoms with van der Waals surface area (Å²) in [5.74, 6) is 0.931. The predicted octanol–water partition coefficient (Wildman–Crippen LogP) is 0.459. The summed E-state index contributed by atoms with van der Waals surface area (Å²) in [6, 6.07) is 0. The highest BCUT2D eigenvalue weighted by molar-refractivity contribution is 7.88. The number of nitrogens with zero attached hydrogens (tertiary/aromatic N) is 3. The van der Waals surface area contributed by atoms with E-state index in [2.05, 4.69) is 9.89 Å². The maximum absolute atomic E-state index is 11.5. The van der Waals surface area contributed by atoms with E-state index < -0.39 is 10.0 Å². The number of hydrogen-bond donors (Lipinski definition) is 1. The monoisotopic (exact) mass is 302 g/mol. The average Bonchev–Trinajstić information content (AvgIpc) is 2.70. The van der Waals surface area contributed by atoms with Crippen LogP contribution in [0.15, 0.2) is 4.99 Å². The van der Waals surface area contributed by atoms with E-state index in [9.17, 15) is 8.42 Å². The third-order valence-corrected chi connectivity index (χ3v) is 5.43. The van der Waals surface area contributed by atoms with Crippen molar-refractivity contribution in [2.45, 2.75) is 32.1 Å². The van der Waals surface area contributed by atoms with Crippen LogP contribution >= 0.6 is 0 Å². The molecule has 1 atom stereocenters. The molecule has 7 heteroatoms. The molecule has 2 rings (SSSR count). The zero-order valence-corrected chi connectivity index (χ0v) is 13.1. The first kappa shape index (κ1) is 15.6. The van der Waals surface area contributed by atoms with E-state index in [-0.39, 0.29) is 0 Å². The first-order valence-electron chi connectivity index (χ1n) is 7.47. The second kappa shape index (κ2) is 6.76. The number of guanidine groups is 1. The first-order valence-corrected chi connectivity index (χ1v) is 9.31. The van der Waals surface area contributed by atoms with Crippen LogP contribution in [0.2, 0.25) is 0 Å². The second-order valence-corrected chi connectivity index (χ2v) is 7.86. The molecule has 2 saturated heterocycles. The van der Waals surface area contributed by atoms with Crippen LogP contribution in [-0.4, -0.2) is 62.6 Å². The Labute approximate surface area is 122 Å². The van der Waals surface area contributed by atoms with E-state index in [0.717, 1.165) is 19.5 Å². The molecular weight excluding hydrogens is 276 g/mol. The van der Waals surface area contributed by atoms with Crippen molar-refractivity contribution in [1.82, 2.24) is 9.21 Å². The number of sulfonamides is 1. The Morgan fingerprint density at radius 3 is 2.40 bits per heavy atom. The van der Waals surface area contributed by atoms with E-state index in [0.29, 0.717) is 31.5 Å². The lowest BCUT2D eigenvalue weighted by atomic mass is 10.1. The number of likely N-dealkylation sites (tertiary alicyclic amines) is 1. The van der Waals surface area contributed by atoms with E-state index in [1.807, 2.05) is 0 Å². The molecule has 0 aromatic rings. The number of aliphatic imine (C=N–C) groups is 1. The smallest absolute Gasteiger partial charge is 0.211 e. The van der Waals surface area contributed by atoms with Gasteiger partial charge in [-0.3, -0.25) is 4.99 Å². The molecule has 0 aliphatic carbocycles. The van der Waals surface area contributed by atoms with Crippen LogP contribution in [0, 0.1) is 5.92 Å². The summed E-state index contributed by atoms with van der Waals surface area (Å²) in [7, 11) is -3.06. The summed E-state index contributed by atoms with van der Waals surface area (Å²) in [6.07, 6.45) is 7.06. The molecule has 2 heterocycles. The Balaban J connectivity index is 1.83. The Bertz CT molecular complexity index is 441. The minimum Gasteiger partial charge on any atom is -0.370 e. The van der Waals surface area contributed by atoms with E-state index in [1.54, 1.807) is 0 Å². The fourth-order valence-electron chi connectivity index (χ4n) is 2.87. The van der Waals surface area contributed by atoms with E-state index in [4.69, 9.17) is 5.73 Å². The molecule has 0 aromatic heterocycles. The van der Waals surface area contributed by atoms with Crippen LogP contribution in [0.4, 0.5) is 0 Å². The lowest BCUT2D eigenvalue weighted by Gasteiger charge is -2.21. The van der Waals surface area contributed by atoms with Crippen molar-refractivity contribution in [3.05, 3.63) is 0 Å². The topological polar surface area (TPSA) is 79.0 Å². The van der Waals surface area contributed by atoms with Gasteiger partial charge < -0.3 is 10.6 Å². The minimum atomic E-state index is -3.06. The standard InChI is InChI=1S/C13H26N4O2S/c1-20(18,19)17-9-6-12(11-17)10-15-13(14)16-7-4-2-3-5-8-16/h12H,2-11H2,1H3,(H2,14,15)/t12-/m0/s1. The minimum absolute atomic E-state index is 0.301. The molecule has 0 radical (unpaired) electrons. The third kappa shape index (κ3) is 4.34. The molecule has 0 unspecified atom stereocenters. The van der Waals surface area contributed by atoms with E-state index >= 15 is 0 Å². The molecule has 0 saturated carbocycles. The summed E-state index contributed by atoms with van der Waals surface area (Å²) < 4.78 is 24.5. The molecule has 0 aromatic carbocycles. The van der Waals surface area contributed by atoms with Gasteiger partial charge in [-0.05, 0) is 25.2 Å². The van der Waals surface area contributed by atoms with Gasteiger partial charge in [0, 0.05) is 32.7 Å². The molecule has 2 fully saturated rings. The van der Waals surface area contributed by atoms with Gasteiger partial charge in [0.05, 0.1) is 6.26 Å². The number of nitrogens with two attached hydrogens (primary N) is 1. The van der Waals surface area contributed by atoms with Crippen molar-refractivity contribution in [3.8, 4) is 0 Å². The lowest BCUT2D eigenvalue weighted by Crippen LogP contribution is -2.38. The third-order valence-electron chi connectivity index (χ3n) is 4.16. The Hall–Kier alpha value is -0.820. The van der Waals surface area contributed by atoms with E-state index in [1.165, 1.54) is 36.2 Å². The molecule has 0 spiro atoms. The molecule has 6 nitrogen and oxygen atoms in total. The molecule has 2 aliphatic heterocycles. The van der Waals surface area contributed by atoms with Crippen molar-refractivity contribution in [1.29, 1.82) is 0 Å². The fourth-order valence-corrected chi connectivity index (χ4v) is 3.79. The van der Waals surface area contributed by atoms with Gasteiger partial charge in [0.25, 0.3) is 0 Å². The summed E-state index contributed by atoms with van der Waals surface area (Å²) in [5, 5.41) is 0. The fraction of sp³-hybridized carbons (Fsp3) is 0.923. The van der Waals surface area contributed by atoms with Crippen LogP contribution in [0.3, 0.4) is 0 Å². The normalized spacial score (nSPS) is 26.8. The summed E-state index contributed by atoms with van der Waals surface area (Å²) in [4.78, 5) is 6.65. The number of hydrogen-bond acceptors (Lipinski definition) is 3. The molecular formula is C13H26N4O2S. The maximum Gasteiger partial charge on any atom is 0.211 e. The molecule has 0 amide bonds. The van der Waals surface area contributed by atoms with Crippen LogP contribution in [-0.2, 0) is 10.0 Å². The average molecular weight is 302 g/mol. The largest absolute Gasteiger partial charge is 0.370 e. The Morgan fingerprint density at radius 2 is 1.85 bits per heavy atom. The highest BCUT2D eigenvalue weighted by Crippen LogP contribution is 2.19. The van der Waals surface area contributed by atoms with Gasteiger partial charge in [-0.2, -0.15) is 0 Å². The van der Waals surface area contributed by atoms with Crippen LogP contribution < -0.4 is 5.73 Å². The van der Waals surface area contributed by atoms with Gasteiger partial charge in [-0.25, -0.2) is 12.7 Å². The van der Waals surface area contributed by atoms with Crippen molar-refractivity contribution in [2.75, 3.05) is 39.0 Å². The molecule has 116 valence electrons. The van der Waals surface area contributed by atoms with Gasteiger partial charge >= 0.3 is 0 Å². The SMILES string of the molecule is CS(=O)(=O)N1CC[C@@H](CN=C(N)N2CCCCCC2)C1. The second-order valence-electron chi connectivity index (χ2n) is 5.88. The number of rotatable bonds is 3. The van der Waals surface area contributed by atoms with Crippen LogP contribution in [0.1, 0.15) is 32.1 Å². The van der Waals surface area contributed by atoms with Crippen molar-refractivity contribution in [3.63, 3.8) is 0 Å². The summed E-state index contributed by atoms with van der Waals surface area (Å²) in [6.45, 7) is 3.82. The van der Waals surface area contributed by atoms with Crippen molar-refractivity contribution >= 4 is 16.0 Å². The van der Waals surface area contributed by atoms with Crippen LogP contribution in [0.25, 0.3) is 0 Å². The van der Waals surface area contributed by atoms with Gasteiger partial charge in [0.15, 0.2) is 5.96 Å². The highest BCUT2D eigenvalue weighted by atomic mass is 32.2. The van der Waals surface area contributed by atoms with Crippen molar-refractivity contribution in [2.24, 2.45) is 16.6 Å². The van der Waals surface area contributed by atoms with Gasteiger partial charge in [0.2, 0.25) is 10.0 Å². The van der Waals surface area contributed by atoms with Crippen molar-refractivity contribution < 1.29 is 8.42 Å². The summed E-state index contributed by atoms with van der Waals surface area (Å²) >= 11 is 0. The molecule has 0 bridgehead atoms. The zero-order valence-electron chi connectivity index (χ0n) is 12.3. The Morgan fingerprint density at radius 1 is 1.20 bits per heavy atom. The van der Waals surface area contributed by atoms with Gasteiger partial charge in [0.1, 0.15) is 0 Å². The van der Waals surface area contributed by atoms with Crippen LogP contribution in [0.5, 0.6) is 0 Å². The lowest BCUT2D eigenvalue weighted by molar-refractivity contribution is 0.424. The maximum atomic E-state index is 11.5. The molecule has 20 heavy (non-hydrogen) atoms. The molecule has 2 aliphatic rings. The molecule has 2 N–H and O–H groups in total. The summed E-state index contributed by atoms with van der Waals surface area (Å²) in [5.41, 5.74) is 6.06.